The summed E-state index contributed by atoms with van der Waals surface area (Å²) in [5, 5.41) is 15.8. The van der Waals surface area contributed by atoms with Crippen LogP contribution in [0.1, 0.15) is 49.3 Å². The quantitative estimate of drug-likeness (QED) is 0.214. The third-order valence-corrected chi connectivity index (χ3v) is 9.76. The number of amides is 1. The molecule has 4 heterocycles. The Kier molecular flexibility index (Phi) is 8.32. The zero-order valence-corrected chi connectivity index (χ0v) is 26.1. The molecule has 0 unspecified atom stereocenters. The van der Waals surface area contributed by atoms with E-state index in [1.807, 2.05) is 36.7 Å². The highest BCUT2D eigenvalue weighted by atomic mass is 35.5. The van der Waals surface area contributed by atoms with Crippen molar-refractivity contribution in [3.8, 4) is 23.1 Å². The van der Waals surface area contributed by atoms with Crippen LogP contribution in [0.5, 0.6) is 5.88 Å². The summed E-state index contributed by atoms with van der Waals surface area (Å²) in [4.78, 5) is 21.3. The van der Waals surface area contributed by atoms with E-state index < -0.39 is 5.82 Å². The summed E-state index contributed by atoms with van der Waals surface area (Å²) in [7, 11) is 2.09. The van der Waals surface area contributed by atoms with Gasteiger partial charge < -0.3 is 14.5 Å². The van der Waals surface area contributed by atoms with Gasteiger partial charge in [0.1, 0.15) is 12.1 Å². The van der Waals surface area contributed by atoms with Gasteiger partial charge in [0.15, 0.2) is 5.82 Å². The maximum atomic E-state index is 16.7. The number of nitrogens with zero attached hydrogens (tertiary/aromatic N) is 6. The highest BCUT2D eigenvalue weighted by Gasteiger charge is 2.34. The zero-order chi connectivity index (χ0) is 31.1. The van der Waals surface area contributed by atoms with Gasteiger partial charge in [0.2, 0.25) is 11.8 Å². The average Bonchev–Trinajstić information content (AvgIpc) is 3.65. The van der Waals surface area contributed by atoms with E-state index in [9.17, 15) is 10.1 Å². The first-order valence-electron chi connectivity index (χ1n) is 15.1. The number of likely N-dealkylation sites (N-methyl/N-ethyl adjacent to an activating group) is 1. The molecule has 0 N–H and O–H groups in total. The SMILES string of the molecule is C=CC(=O)N1CC[C@H](n2ncc3c(OC[C@@H]4CCCN4C)nc4c(F)c(-c5cccc(C)c5C)c(Cl)cc4c32)C[C@H]1CC#N. The zero-order valence-electron chi connectivity index (χ0n) is 25.3. The molecule has 3 atom stereocenters. The van der Waals surface area contributed by atoms with Crippen LogP contribution in [0.25, 0.3) is 32.9 Å². The van der Waals surface area contributed by atoms with Gasteiger partial charge >= 0.3 is 0 Å². The fraction of sp³-hybridized carbons (Fsp3) is 0.412. The number of benzene rings is 2. The third kappa shape index (κ3) is 5.20. The molecule has 44 heavy (non-hydrogen) atoms. The fourth-order valence-electron chi connectivity index (χ4n) is 6.83. The molecule has 0 spiro atoms. The van der Waals surface area contributed by atoms with Gasteiger partial charge in [-0.3, -0.25) is 9.48 Å². The van der Waals surface area contributed by atoms with E-state index in [-0.39, 0.29) is 41.0 Å². The first-order chi connectivity index (χ1) is 21.2. The van der Waals surface area contributed by atoms with Crippen molar-refractivity contribution in [3.63, 3.8) is 0 Å². The summed E-state index contributed by atoms with van der Waals surface area (Å²) in [6, 6.07) is 9.59. The van der Waals surface area contributed by atoms with Crippen LogP contribution in [0, 0.1) is 31.0 Å². The number of halogens is 2. The van der Waals surface area contributed by atoms with Crippen LogP contribution in [-0.4, -0.2) is 69.3 Å². The maximum Gasteiger partial charge on any atom is 0.246 e. The topological polar surface area (TPSA) is 87.3 Å². The summed E-state index contributed by atoms with van der Waals surface area (Å²) in [6.45, 7) is 9.48. The molecule has 1 amide bonds. The van der Waals surface area contributed by atoms with E-state index in [2.05, 4.69) is 24.6 Å². The number of hydrogen-bond donors (Lipinski definition) is 0. The largest absolute Gasteiger partial charge is 0.475 e. The molecule has 0 bridgehead atoms. The van der Waals surface area contributed by atoms with Crippen molar-refractivity contribution in [3.05, 3.63) is 65.1 Å². The van der Waals surface area contributed by atoms with Gasteiger partial charge in [0, 0.05) is 29.6 Å². The van der Waals surface area contributed by atoms with E-state index in [1.165, 1.54) is 6.08 Å². The van der Waals surface area contributed by atoms with Crippen molar-refractivity contribution in [2.75, 3.05) is 26.7 Å². The lowest BCUT2D eigenvalue weighted by atomic mass is 9.94. The second-order valence-corrected chi connectivity index (χ2v) is 12.4. The molecule has 10 heteroatoms. The van der Waals surface area contributed by atoms with Gasteiger partial charge in [0.05, 0.1) is 40.7 Å². The fourth-order valence-corrected chi connectivity index (χ4v) is 7.12. The van der Waals surface area contributed by atoms with Crippen LogP contribution in [-0.2, 0) is 4.79 Å². The number of piperidine rings is 1. The van der Waals surface area contributed by atoms with Crippen molar-refractivity contribution in [2.24, 2.45) is 0 Å². The van der Waals surface area contributed by atoms with Crippen molar-refractivity contribution in [2.45, 2.75) is 64.1 Å². The van der Waals surface area contributed by atoms with E-state index in [4.69, 9.17) is 26.4 Å². The van der Waals surface area contributed by atoms with Crippen molar-refractivity contribution in [1.82, 2.24) is 24.6 Å². The second-order valence-electron chi connectivity index (χ2n) is 12.0. The molecule has 2 saturated heterocycles. The number of nitriles is 1. The summed E-state index contributed by atoms with van der Waals surface area (Å²) >= 11 is 6.89. The number of ether oxygens (including phenoxy) is 1. The maximum absolute atomic E-state index is 16.7. The summed E-state index contributed by atoms with van der Waals surface area (Å²) in [5.41, 5.74) is 3.87. The lowest BCUT2D eigenvalue weighted by Crippen LogP contribution is -2.45. The van der Waals surface area contributed by atoms with Gasteiger partial charge in [0.25, 0.3) is 0 Å². The Morgan fingerprint density at radius 3 is 2.80 bits per heavy atom. The molecule has 2 aromatic heterocycles. The van der Waals surface area contributed by atoms with Crippen LogP contribution in [0.2, 0.25) is 5.02 Å². The first kappa shape index (κ1) is 30.0. The number of hydrogen-bond acceptors (Lipinski definition) is 6. The lowest BCUT2D eigenvalue weighted by molar-refractivity contribution is -0.130. The molecule has 4 aromatic rings. The number of likely N-dealkylation sites (tertiary alicyclic amines) is 2. The standard InChI is InChI=1S/C34H36ClFN6O2/c1-5-29(43)41-15-12-23(16-22(41)11-13-37)42-33-26-17-28(35)30(25-10-6-8-20(2)21(25)3)31(36)32(26)39-34(27(33)18-38-42)44-19-24-9-7-14-40(24)4/h5-6,8,10,17-18,22-24H,1,7,9,11-12,14-16,19H2,2-4H3/t22-,23+,24+/m1/s1. The number of aryl methyl sites for hydroxylation is 1. The van der Waals surface area contributed by atoms with Crippen LogP contribution >= 0.6 is 11.6 Å². The minimum absolute atomic E-state index is 0.139. The Labute approximate surface area is 261 Å². The molecular formula is C34H36ClFN6O2. The summed E-state index contributed by atoms with van der Waals surface area (Å²) in [5.74, 6) is -0.364. The van der Waals surface area contributed by atoms with Gasteiger partial charge in [-0.15, -0.1) is 0 Å². The highest BCUT2D eigenvalue weighted by Crippen LogP contribution is 2.42. The van der Waals surface area contributed by atoms with Gasteiger partial charge in [-0.2, -0.15) is 10.4 Å². The molecule has 0 saturated carbocycles. The van der Waals surface area contributed by atoms with Crippen LogP contribution in [0.3, 0.4) is 0 Å². The second kappa shape index (κ2) is 12.2. The number of rotatable bonds is 7. The lowest BCUT2D eigenvalue weighted by Gasteiger charge is -2.38. The average molecular weight is 615 g/mol. The van der Waals surface area contributed by atoms with Crippen LogP contribution in [0.4, 0.5) is 4.39 Å². The van der Waals surface area contributed by atoms with E-state index in [0.29, 0.717) is 53.7 Å². The number of carbonyl (C=O) groups is 1. The molecule has 8 nitrogen and oxygen atoms in total. The Morgan fingerprint density at radius 2 is 2.07 bits per heavy atom. The van der Waals surface area contributed by atoms with Crippen molar-refractivity contribution in [1.29, 1.82) is 5.26 Å². The third-order valence-electron chi connectivity index (χ3n) is 9.46. The molecule has 2 aromatic carbocycles. The predicted octanol–water partition coefficient (Wildman–Crippen LogP) is 6.77. The van der Waals surface area contributed by atoms with E-state index >= 15 is 4.39 Å². The van der Waals surface area contributed by atoms with E-state index in [0.717, 1.165) is 36.1 Å². The molecule has 2 aliphatic rings. The Bertz CT molecular complexity index is 1810. The van der Waals surface area contributed by atoms with Gasteiger partial charge in [-0.25, -0.2) is 9.37 Å². The number of aromatic nitrogens is 3. The molecule has 0 radical (unpaired) electrons. The Hall–Kier alpha value is -4.00. The van der Waals surface area contributed by atoms with Gasteiger partial charge in [-0.1, -0.05) is 36.4 Å². The first-order valence-corrected chi connectivity index (χ1v) is 15.5. The minimum atomic E-state index is -0.507. The Morgan fingerprint density at radius 1 is 1.25 bits per heavy atom. The molecule has 2 fully saturated rings. The highest BCUT2D eigenvalue weighted by molar-refractivity contribution is 6.34. The summed E-state index contributed by atoms with van der Waals surface area (Å²) < 4.78 is 25.0. The summed E-state index contributed by atoms with van der Waals surface area (Å²) in [6.07, 6.45) is 6.47. The number of carbonyl (C=O) groups excluding carboxylic acids is 1. The normalized spacial score (nSPS) is 20.7. The smallest absolute Gasteiger partial charge is 0.246 e. The molecule has 0 aliphatic carbocycles. The van der Waals surface area contributed by atoms with E-state index in [1.54, 1.807) is 17.2 Å². The predicted molar refractivity (Wildman–Crippen MR) is 170 cm³/mol. The molecular weight excluding hydrogens is 579 g/mol. The van der Waals surface area contributed by atoms with Crippen LogP contribution in [0.15, 0.2) is 43.1 Å². The molecule has 2 aliphatic heterocycles. The van der Waals surface area contributed by atoms with Crippen molar-refractivity contribution >= 4 is 39.3 Å². The molecule has 6 rings (SSSR count). The molecule has 228 valence electrons. The number of pyridine rings is 1. The van der Waals surface area contributed by atoms with Gasteiger partial charge in [-0.05, 0) is 82.0 Å². The van der Waals surface area contributed by atoms with Crippen LogP contribution < -0.4 is 4.74 Å². The minimum Gasteiger partial charge on any atom is -0.475 e. The number of fused-ring (bicyclic) bond motifs is 3. The Balaban J connectivity index is 1.52. The monoisotopic (exact) mass is 614 g/mol. The van der Waals surface area contributed by atoms with Crippen molar-refractivity contribution < 1.29 is 13.9 Å².